The van der Waals surface area contributed by atoms with Gasteiger partial charge in [0, 0.05) is 36.2 Å². The van der Waals surface area contributed by atoms with E-state index in [1.165, 1.54) is 31.2 Å². The quantitative estimate of drug-likeness (QED) is 0.831. The Hall–Kier alpha value is -2.23. The van der Waals surface area contributed by atoms with Crippen LogP contribution in [-0.2, 0) is 11.2 Å². The van der Waals surface area contributed by atoms with Crippen LogP contribution in [-0.4, -0.2) is 26.8 Å². The molecule has 1 aliphatic carbocycles. The maximum Gasteiger partial charge on any atom is 0.223 e. The normalized spacial score (nSPS) is 24.7. The van der Waals surface area contributed by atoms with Gasteiger partial charge in [-0.05, 0) is 31.6 Å². The van der Waals surface area contributed by atoms with Crippen molar-refractivity contribution in [3.05, 3.63) is 47.8 Å². The van der Waals surface area contributed by atoms with Crippen LogP contribution in [0.15, 0.2) is 36.5 Å². The van der Waals surface area contributed by atoms with Crippen molar-refractivity contribution in [3.8, 4) is 11.4 Å². The number of fused-ring (bicyclic) bond motifs is 4. The third-order valence-corrected chi connectivity index (χ3v) is 6.45. The summed E-state index contributed by atoms with van der Waals surface area (Å²) in [6, 6.07) is 10.7. The number of amides is 1. The summed E-state index contributed by atoms with van der Waals surface area (Å²) in [4.78, 5) is 24.7. The van der Waals surface area contributed by atoms with Gasteiger partial charge in [0.25, 0.3) is 0 Å². The second-order valence-corrected chi connectivity index (χ2v) is 8.07. The maximum absolute atomic E-state index is 13.0. The SMILES string of the molecule is O=C(CC1CCCC1)N1C2CCC1c1cnc(-c3ccccc3)nc1C2. The number of rotatable bonds is 3. The molecule has 2 aliphatic heterocycles. The van der Waals surface area contributed by atoms with Gasteiger partial charge in [0.1, 0.15) is 0 Å². The Morgan fingerprint density at radius 3 is 2.69 bits per heavy atom. The first-order valence-corrected chi connectivity index (χ1v) is 10.0. The Balaban J connectivity index is 1.41. The van der Waals surface area contributed by atoms with Crippen molar-refractivity contribution in [2.24, 2.45) is 5.92 Å². The van der Waals surface area contributed by atoms with Crippen LogP contribution in [0.2, 0.25) is 0 Å². The van der Waals surface area contributed by atoms with Crippen molar-refractivity contribution in [2.75, 3.05) is 0 Å². The largest absolute Gasteiger partial charge is 0.332 e. The van der Waals surface area contributed by atoms with E-state index in [4.69, 9.17) is 4.98 Å². The summed E-state index contributed by atoms with van der Waals surface area (Å²) < 4.78 is 0. The van der Waals surface area contributed by atoms with Crippen molar-refractivity contribution in [3.63, 3.8) is 0 Å². The third kappa shape index (κ3) is 2.72. The lowest BCUT2D eigenvalue weighted by Gasteiger charge is -2.36. The zero-order chi connectivity index (χ0) is 17.5. The van der Waals surface area contributed by atoms with E-state index >= 15 is 0 Å². The van der Waals surface area contributed by atoms with Gasteiger partial charge >= 0.3 is 0 Å². The lowest BCUT2D eigenvalue weighted by molar-refractivity contribution is -0.135. The average Bonchev–Trinajstić information content (AvgIpc) is 3.29. The van der Waals surface area contributed by atoms with Crippen molar-refractivity contribution >= 4 is 5.91 Å². The Morgan fingerprint density at radius 2 is 1.88 bits per heavy atom. The van der Waals surface area contributed by atoms with Gasteiger partial charge in [-0.25, -0.2) is 9.97 Å². The fourth-order valence-electron chi connectivity index (χ4n) is 5.15. The van der Waals surface area contributed by atoms with Gasteiger partial charge in [0.2, 0.25) is 5.91 Å². The highest BCUT2D eigenvalue weighted by Gasteiger charge is 2.43. The topological polar surface area (TPSA) is 46.1 Å². The minimum Gasteiger partial charge on any atom is -0.332 e. The molecule has 3 heterocycles. The summed E-state index contributed by atoms with van der Waals surface area (Å²) in [5, 5.41) is 0. The molecule has 4 heteroatoms. The van der Waals surface area contributed by atoms with Gasteiger partial charge in [-0.2, -0.15) is 0 Å². The summed E-state index contributed by atoms with van der Waals surface area (Å²) >= 11 is 0. The predicted octanol–water partition coefficient (Wildman–Crippen LogP) is 4.31. The zero-order valence-corrected chi connectivity index (χ0v) is 15.1. The second-order valence-electron chi connectivity index (χ2n) is 8.07. The predicted molar refractivity (Wildman–Crippen MR) is 100 cm³/mol. The van der Waals surface area contributed by atoms with Crippen molar-refractivity contribution in [2.45, 2.75) is 63.5 Å². The molecule has 1 aromatic heterocycles. The van der Waals surface area contributed by atoms with E-state index in [-0.39, 0.29) is 6.04 Å². The highest BCUT2D eigenvalue weighted by Crippen LogP contribution is 2.44. The van der Waals surface area contributed by atoms with E-state index in [0.717, 1.165) is 42.8 Å². The summed E-state index contributed by atoms with van der Waals surface area (Å²) in [6.45, 7) is 0. The van der Waals surface area contributed by atoms with Gasteiger partial charge in [-0.3, -0.25) is 4.79 Å². The lowest BCUT2D eigenvalue weighted by Crippen LogP contribution is -2.42. The standard InChI is InChI=1S/C22H25N3O/c26-21(12-15-6-4-5-7-15)25-17-10-11-20(25)18-14-23-22(24-19(18)13-17)16-8-2-1-3-9-16/h1-3,8-9,14-15,17,20H,4-7,10-13H2. The average molecular weight is 347 g/mol. The Kier molecular flexibility index (Phi) is 3.99. The molecule has 2 aromatic rings. The van der Waals surface area contributed by atoms with E-state index < -0.39 is 0 Å². The molecule has 2 fully saturated rings. The Bertz CT molecular complexity index is 813. The van der Waals surface area contributed by atoms with E-state index in [1.807, 2.05) is 24.4 Å². The van der Waals surface area contributed by atoms with Crippen LogP contribution in [0.5, 0.6) is 0 Å². The molecule has 1 aromatic carbocycles. The van der Waals surface area contributed by atoms with Gasteiger partial charge in [-0.1, -0.05) is 43.2 Å². The molecule has 4 nitrogen and oxygen atoms in total. The first kappa shape index (κ1) is 16.0. The zero-order valence-electron chi connectivity index (χ0n) is 15.1. The molecule has 2 bridgehead atoms. The number of carbonyl (C=O) groups excluding carboxylic acids is 1. The van der Waals surface area contributed by atoms with E-state index in [1.54, 1.807) is 0 Å². The minimum absolute atomic E-state index is 0.197. The Labute approximate surface area is 154 Å². The third-order valence-electron chi connectivity index (χ3n) is 6.45. The van der Waals surface area contributed by atoms with Crippen LogP contribution < -0.4 is 0 Å². The van der Waals surface area contributed by atoms with Crippen LogP contribution in [0.1, 0.15) is 62.2 Å². The van der Waals surface area contributed by atoms with Crippen LogP contribution in [0.25, 0.3) is 11.4 Å². The first-order chi connectivity index (χ1) is 12.8. The minimum atomic E-state index is 0.197. The summed E-state index contributed by atoms with van der Waals surface area (Å²) in [7, 11) is 0. The molecule has 3 aliphatic rings. The van der Waals surface area contributed by atoms with E-state index in [2.05, 4.69) is 22.0 Å². The highest BCUT2D eigenvalue weighted by atomic mass is 16.2. The fraction of sp³-hybridized carbons (Fsp3) is 0.500. The molecule has 1 saturated carbocycles. The highest BCUT2D eigenvalue weighted by molar-refractivity contribution is 5.78. The number of hydrogen-bond acceptors (Lipinski definition) is 3. The maximum atomic E-state index is 13.0. The first-order valence-electron chi connectivity index (χ1n) is 10.0. The molecule has 0 spiro atoms. The summed E-state index contributed by atoms with van der Waals surface area (Å²) in [6.07, 6.45) is 10.8. The molecule has 0 N–H and O–H groups in total. The van der Waals surface area contributed by atoms with E-state index in [9.17, 15) is 4.79 Å². The lowest BCUT2D eigenvalue weighted by atomic mass is 9.96. The van der Waals surface area contributed by atoms with Gasteiger partial charge in [0.05, 0.1) is 11.7 Å². The van der Waals surface area contributed by atoms with Crippen molar-refractivity contribution in [1.29, 1.82) is 0 Å². The van der Waals surface area contributed by atoms with Crippen LogP contribution in [0, 0.1) is 5.92 Å². The number of nitrogens with zero attached hydrogens (tertiary/aromatic N) is 3. The van der Waals surface area contributed by atoms with E-state index in [0.29, 0.717) is 17.9 Å². The second kappa shape index (κ2) is 6.49. The van der Waals surface area contributed by atoms with Crippen molar-refractivity contribution in [1.82, 2.24) is 14.9 Å². The molecule has 0 radical (unpaired) electrons. The molecule has 134 valence electrons. The summed E-state index contributed by atoms with van der Waals surface area (Å²) in [5.41, 5.74) is 3.39. The fourth-order valence-corrected chi connectivity index (χ4v) is 5.15. The molecular formula is C22H25N3O. The number of carbonyl (C=O) groups is 1. The van der Waals surface area contributed by atoms with Crippen LogP contribution in [0.4, 0.5) is 0 Å². The Morgan fingerprint density at radius 1 is 1.08 bits per heavy atom. The van der Waals surface area contributed by atoms with Crippen molar-refractivity contribution < 1.29 is 4.79 Å². The van der Waals surface area contributed by atoms with Crippen LogP contribution >= 0.6 is 0 Å². The monoisotopic (exact) mass is 347 g/mol. The number of aromatic nitrogens is 2. The molecule has 2 unspecified atom stereocenters. The number of benzene rings is 1. The smallest absolute Gasteiger partial charge is 0.223 e. The molecular weight excluding hydrogens is 322 g/mol. The molecule has 5 rings (SSSR count). The number of hydrogen-bond donors (Lipinski definition) is 0. The van der Waals surface area contributed by atoms with Gasteiger partial charge in [0.15, 0.2) is 5.82 Å². The van der Waals surface area contributed by atoms with Crippen LogP contribution in [0.3, 0.4) is 0 Å². The van der Waals surface area contributed by atoms with Gasteiger partial charge in [-0.15, -0.1) is 0 Å². The molecule has 2 atom stereocenters. The molecule has 1 saturated heterocycles. The molecule has 1 amide bonds. The van der Waals surface area contributed by atoms with Gasteiger partial charge < -0.3 is 4.90 Å². The molecule has 26 heavy (non-hydrogen) atoms. The summed E-state index contributed by atoms with van der Waals surface area (Å²) in [5.74, 6) is 1.77.